The fraction of sp³-hybridized carbons (Fsp3) is 0.429. The van der Waals surface area contributed by atoms with Gasteiger partial charge in [0.1, 0.15) is 5.75 Å². The van der Waals surface area contributed by atoms with Gasteiger partial charge in [-0.15, -0.1) is 0 Å². The quantitative estimate of drug-likeness (QED) is 0.585. The molecule has 88 valence electrons. The van der Waals surface area contributed by atoms with E-state index in [4.69, 9.17) is 4.74 Å². The summed E-state index contributed by atoms with van der Waals surface area (Å²) >= 11 is 0. The Morgan fingerprint density at radius 1 is 1.31 bits per heavy atom. The van der Waals surface area contributed by atoms with Gasteiger partial charge < -0.3 is 10.1 Å². The molecule has 2 heteroatoms. The molecule has 1 atom stereocenters. The summed E-state index contributed by atoms with van der Waals surface area (Å²) in [4.78, 5) is 0. The Bertz CT molecular complexity index is 316. The highest BCUT2D eigenvalue weighted by Gasteiger charge is 2.03. The lowest BCUT2D eigenvalue weighted by Crippen LogP contribution is -2.19. The van der Waals surface area contributed by atoms with Gasteiger partial charge in [0, 0.05) is 6.04 Å². The number of nitrogens with one attached hydrogen (secondary N) is 1. The molecule has 0 aromatic heterocycles. The minimum Gasteiger partial charge on any atom is -0.497 e. The van der Waals surface area contributed by atoms with Gasteiger partial charge in [0.2, 0.25) is 0 Å². The smallest absolute Gasteiger partial charge is 0.118 e. The molecule has 0 fully saturated rings. The van der Waals surface area contributed by atoms with Crippen molar-refractivity contribution in [3.05, 3.63) is 42.0 Å². The summed E-state index contributed by atoms with van der Waals surface area (Å²) in [5.74, 6) is 0.907. The molecule has 0 saturated heterocycles. The molecule has 2 nitrogen and oxygen atoms in total. The molecule has 0 saturated carbocycles. The highest BCUT2D eigenvalue weighted by molar-refractivity contribution is 5.28. The number of ether oxygens (including phenoxy) is 1. The minimum atomic E-state index is 0.385. The zero-order valence-electron chi connectivity index (χ0n) is 10.4. The van der Waals surface area contributed by atoms with Crippen molar-refractivity contribution in [3.63, 3.8) is 0 Å². The molecule has 16 heavy (non-hydrogen) atoms. The van der Waals surface area contributed by atoms with Crippen LogP contribution in [-0.2, 0) is 0 Å². The first-order valence-electron chi connectivity index (χ1n) is 5.76. The Morgan fingerprint density at radius 2 is 2.00 bits per heavy atom. The topological polar surface area (TPSA) is 21.3 Å². The maximum absolute atomic E-state index is 5.13. The van der Waals surface area contributed by atoms with Crippen molar-refractivity contribution in [1.82, 2.24) is 5.32 Å². The van der Waals surface area contributed by atoms with E-state index in [0.717, 1.165) is 18.7 Å². The van der Waals surface area contributed by atoms with Crippen LogP contribution in [0.4, 0.5) is 0 Å². The summed E-state index contributed by atoms with van der Waals surface area (Å²) in [6, 6.07) is 8.59. The molecule has 1 unspecified atom stereocenters. The fourth-order valence-corrected chi connectivity index (χ4v) is 1.56. The Kier molecular flexibility index (Phi) is 5.65. The van der Waals surface area contributed by atoms with Gasteiger partial charge in [0.25, 0.3) is 0 Å². The second-order valence-corrected chi connectivity index (χ2v) is 3.81. The molecule has 0 heterocycles. The largest absolute Gasteiger partial charge is 0.497 e. The number of methoxy groups -OCH3 is 1. The highest BCUT2D eigenvalue weighted by Crippen LogP contribution is 2.16. The van der Waals surface area contributed by atoms with Crippen molar-refractivity contribution in [3.8, 4) is 5.75 Å². The fourth-order valence-electron chi connectivity index (χ4n) is 1.56. The van der Waals surface area contributed by atoms with Crippen molar-refractivity contribution in [2.75, 3.05) is 13.7 Å². The number of hydrogen-bond acceptors (Lipinski definition) is 2. The highest BCUT2D eigenvalue weighted by atomic mass is 16.5. The average Bonchev–Trinajstić information content (AvgIpc) is 2.34. The van der Waals surface area contributed by atoms with E-state index in [9.17, 15) is 0 Å². The first-order valence-corrected chi connectivity index (χ1v) is 5.76. The first-order chi connectivity index (χ1) is 7.77. The van der Waals surface area contributed by atoms with Crippen molar-refractivity contribution >= 4 is 0 Å². The average molecular weight is 219 g/mol. The van der Waals surface area contributed by atoms with Crippen LogP contribution in [0.5, 0.6) is 5.75 Å². The predicted molar refractivity (Wildman–Crippen MR) is 68.8 cm³/mol. The van der Waals surface area contributed by atoms with E-state index in [1.165, 1.54) is 5.56 Å². The standard InChI is InChI=1S/C14H21NO/c1-4-5-6-11-15-12(2)13-7-9-14(16-3)10-8-13/h4-5,7-10,12,15H,6,11H2,1-3H3/b5-4+. The van der Waals surface area contributed by atoms with E-state index >= 15 is 0 Å². The number of allylic oxidation sites excluding steroid dienone is 1. The summed E-state index contributed by atoms with van der Waals surface area (Å²) in [5, 5.41) is 3.48. The molecule has 1 rings (SSSR count). The number of benzene rings is 1. The van der Waals surface area contributed by atoms with E-state index in [1.54, 1.807) is 7.11 Å². The van der Waals surface area contributed by atoms with E-state index in [1.807, 2.05) is 19.1 Å². The van der Waals surface area contributed by atoms with Crippen LogP contribution < -0.4 is 10.1 Å². The second-order valence-electron chi connectivity index (χ2n) is 3.81. The molecule has 0 amide bonds. The van der Waals surface area contributed by atoms with Crippen LogP contribution in [0.2, 0.25) is 0 Å². The molecule has 0 bridgehead atoms. The Morgan fingerprint density at radius 3 is 2.56 bits per heavy atom. The molecule has 1 N–H and O–H groups in total. The SMILES string of the molecule is C/C=C/CCNC(C)c1ccc(OC)cc1. The van der Waals surface area contributed by atoms with Crippen LogP contribution >= 0.6 is 0 Å². The lowest BCUT2D eigenvalue weighted by atomic mass is 10.1. The number of hydrogen-bond donors (Lipinski definition) is 1. The van der Waals surface area contributed by atoms with E-state index in [-0.39, 0.29) is 0 Å². The first kappa shape index (κ1) is 12.8. The van der Waals surface area contributed by atoms with Gasteiger partial charge in [-0.25, -0.2) is 0 Å². The second kappa shape index (κ2) is 7.07. The van der Waals surface area contributed by atoms with E-state index in [0.29, 0.717) is 6.04 Å². The molecule has 1 aromatic carbocycles. The van der Waals surface area contributed by atoms with Crippen molar-refractivity contribution in [2.45, 2.75) is 26.3 Å². The van der Waals surface area contributed by atoms with Gasteiger partial charge in [-0.05, 0) is 44.5 Å². The van der Waals surface area contributed by atoms with Gasteiger partial charge in [-0.2, -0.15) is 0 Å². The summed E-state index contributed by atoms with van der Waals surface area (Å²) in [5.41, 5.74) is 1.29. The summed E-state index contributed by atoms with van der Waals surface area (Å²) in [6.45, 7) is 5.24. The van der Waals surface area contributed by atoms with Crippen molar-refractivity contribution in [2.24, 2.45) is 0 Å². The third-order valence-corrected chi connectivity index (χ3v) is 2.61. The summed E-state index contributed by atoms with van der Waals surface area (Å²) < 4.78 is 5.13. The van der Waals surface area contributed by atoms with Crippen LogP contribution in [0.3, 0.4) is 0 Å². The Balaban J connectivity index is 2.42. The van der Waals surface area contributed by atoms with Gasteiger partial charge in [0.05, 0.1) is 7.11 Å². The van der Waals surface area contributed by atoms with Crippen LogP contribution in [0.25, 0.3) is 0 Å². The summed E-state index contributed by atoms with van der Waals surface area (Å²) in [6.07, 6.45) is 5.34. The van der Waals surface area contributed by atoms with Crippen LogP contribution in [0.15, 0.2) is 36.4 Å². The Hall–Kier alpha value is -1.28. The van der Waals surface area contributed by atoms with Gasteiger partial charge in [-0.1, -0.05) is 24.3 Å². The summed E-state index contributed by atoms with van der Waals surface area (Å²) in [7, 11) is 1.69. The molecule has 0 aliphatic heterocycles. The van der Waals surface area contributed by atoms with E-state index < -0.39 is 0 Å². The molecule has 0 spiro atoms. The third-order valence-electron chi connectivity index (χ3n) is 2.61. The normalized spacial score (nSPS) is 12.9. The van der Waals surface area contributed by atoms with Crippen molar-refractivity contribution in [1.29, 1.82) is 0 Å². The zero-order valence-corrected chi connectivity index (χ0v) is 10.4. The van der Waals surface area contributed by atoms with Gasteiger partial charge >= 0.3 is 0 Å². The third kappa shape index (κ3) is 4.07. The van der Waals surface area contributed by atoms with Gasteiger partial charge in [0.15, 0.2) is 0 Å². The number of rotatable bonds is 6. The predicted octanol–water partition coefficient (Wildman–Crippen LogP) is 3.31. The van der Waals surface area contributed by atoms with Crippen molar-refractivity contribution < 1.29 is 4.74 Å². The van der Waals surface area contributed by atoms with E-state index in [2.05, 4.69) is 36.5 Å². The maximum Gasteiger partial charge on any atom is 0.118 e. The minimum absolute atomic E-state index is 0.385. The molecule has 1 aromatic rings. The Labute approximate surface area is 98.3 Å². The lowest BCUT2D eigenvalue weighted by Gasteiger charge is -2.13. The maximum atomic E-state index is 5.13. The van der Waals surface area contributed by atoms with Gasteiger partial charge in [-0.3, -0.25) is 0 Å². The lowest BCUT2D eigenvalue weighted by molar-refractivity contribution is 0.414. The zero-order chi connectivity index (χ0) is 11.8. The molecule has 0 aliphatic carbocycles. The monoisotopic (exact) mass is 219 g/mol. The molecular formula is C14H21NO. The molecule has 0 radical (unpaired) electrons. The van der Waals surface area contributed by atoms with Crippen LogP contribution in [0, 0.1) is 0 Å². The molecular weight excluding hydrogens is 198 g/mol. The molecule has 0 aliphatic rings. The van der Waals surface area contributed by atoms with Crippen LogP contribution in [0.1, 0.15) is 31.9 Å². The van der Waals surface area contributed by atoms with Crippen LogP contribution in [-0.4, -0.2) is 13.7 Å².